The minimum Gasteiger partial charge on any atom is -0.286 e. The van der Waals surface area contributed by atoms with E-state index in [1.165, 1.54) is 24.3 Å². The van der Waals surface area contributed by atoms with Crippen LogP contribution in [0.2, 0.25) is 0 Å². The van der Waals surface area contributed by atoms with Crippen LogP contribution in [-0.4, -0.2) is 24.5 Å². The second-order valence-corrected chi connectivity index (χ2v) is 5.64. The van der Waals surface area contributed by atoms with Gasteiger partial charge in [0.25, 0.3) is 0 Å². The maximum atomic E-state index is 4.73. The lowest BCUT2D eigenvalue weighted by Crippen LogP contribution is -2.35. The van der Waals surface area contributed by atoms with Gasteiger partial charge < -0.3 is 0 Å². The first-order valence-corrected chi connectivity index (χ1v) is 5.67. The molecule has 14 heavy (non-hydrogen) atoms. The molecule has 2 fully saturated rings. The van der Waals surface area contributed by atoms with E-state index in [0.717, 1.165) is 13.1 Å². The summed E-state index contributed by atoms with van der Waals surface area (Å²) in [4.78, 5) is 9.43. The molecule has 0 saturated heterocycles. The molecule has 2 aliphatic carbocycles. The Bertz CT molecular complexity index is 351. The summed E-state index contributed by atoms with van der Waals surface area (Å²) in [5.74, 6) is 0.687. The number of rotatable bonds is 0. The molecule has 2 bridgehead atoms. The molecule has 0 aromatic rings. The Morgan fingerprint density at radius 1 is 1.14 bits per heavy atom. The zero-order chi connectivity index (χ0) is 9.97. The van der Waals surface area contributed by atoms with Gasteiger partial charge >= 0.3 is 0 Å². The molecule has 0 aromatic carbocycles. The second-order valence-electron chi connectivity index (χ2n) is 5.64. The van der Waals surface area contributed by atoms with Crippen molar-refractivity contribution in [2.75, 3.05) is 13.1 Å². The van der Waals surface area contributed by atoms with Crippen LogP contribution in [-0.2, 0) is 0 Å². The van der Waals surface area contributed by atoms with Crippen LogP contribution in [0.15, 0.2) is 9.98 Å². The fraction of sp³-hybridized carbons (Fsp3) is 0.833. The highest BCUT2D eigenvalue weighted by molar-refractivity contribution is 6.48. The van der Waals surface area contributed by atoms with Crippen molar-refractivity contribution in [3.05, 3.63) is 0 Å². The largest absolute Gasteiger partial charge is 0.286 e. The molecule has 76 valence electrons. The van der Waals surface area contributed by atoms with Gasteiger partial charge in [-0.3, -0.25) is 9.98 Å². The summed E-state index contributed by atoms with van der Waals surface area (Å²) in [5.41, 5.74) is 3.41. The molecule has 0 N–H and O–H groups in total. The van der Waals surface area contributed by atoms with Crippen LogP contribution in [0.1, 0.15) is 33.6 Å². The van der Waals surface area contributed by atoms with Crippen LogP contribution >= 0.6 is 0 Å². The molecular weight excluding hydrogens is 172 g/mol. The maximum absolute atomic E-state index is 4.73. The number of hydrogen-bond acceptors (Lipinski definition) is 2. The third kappa shape index (κ3) is 0.709. The van der Waals surface area contributed by atoms with Gasteiger partial charge in [-0.05, 0) is 18.3 Å². The van der Waals surface area contributed by atoms with Gasteiger partial charge in [0, 0.05) is 11.3 Å². The lowest BCUT2D eigenvalue weighted by atomic mass is 9.70. The van der Waals surface area contributed by atoms with Crippen molar-refractivity contribution < 1.29 is 0 Å². The smallest absolute Gasteiger partial charge is 0.0626 e. The first kappa shape index (κ1) is 8.63. The third-order valence-electron chi connectivity index (χ3n) is 4.97. The molecule has 0 aromatic heterocycles. The molecule has 3 rings (SSSR count). The van der Waals surface area contributed by atoms with Gasteiger partial charge in [-0.15, -0.1) is 0 Å². The number of fused-ring (bicyclic) bond motifs is 5. The van der Waals surface area contributed by atoms with E-state index < -0.39 is 0 Å². The fourth-order valence-electron chi connectivity index (χ4n) is 3.62. The van der Waals surface area contributed by atoms with Crippen LogP contribution in [0, 0.1) is 16.7 Å². The van der Waals surface area contributed by atoms with Gasteiger partial charge in [-0.2, -0.15) is 0 Å². The monoisotopic (exact) mass is 190 g/mol. The van der Waals surface area contributed by atoms with Gasteiger partial charge in [0.1, 0.15) is 0 Å². The maximum Gasteiger partial charge on any atom is 0.0626 e. The Hall–Kier alpha value is -0.660. The molecule has 2 heteroatoms. The zero-order valence-corrected chi connectivity index (χ0v) is 9.30. The van der Waals surface area contributed by atoms with Gasteiger partial charge in [0.15, 0.2) is 0 Å². The SMILES string of the molecule is CC1(C)[C@@H]2CC[C@@]1(C)C1=NCCN=C12. The summed E-state index contributed by atoms with van der Waals surface area (Å²) in [5, 5.41) is 0. The molecule has 0 amide bonds. The summed E-state index contributed by atoms with van der Waals surface area (Å²) < 4.78 is 0. The topological polar surface area (TPSA) is 24.7 Å². The Kier molecular flexibility index (Phi) is 1.41. The highest BCUT2D eigenvalue weighted by Gasteiger charge is 2.63. The molecule has 2 saturated carbocycles. The van der Waals surface area contributed by atoms with Gasteiger partial charge in [0.2, 0.25) is 0 Å². The Labute approximate surface area is 85.5 Å². The molecule has 0 unspecified atom stereocenters. The minimum absolute atomic E-state index is 0.316. The Morgan fingerprint density at radius 3 is 2.57 bits per heavy atom. The molecule has 0 spiro atoms. The van der Waals surface area contributed by atoms with Crippen LogP contribution in [0.4, 0.5) is 0 Å². The number of aliphatic imine (C=N–C) groups is 2. The summed E-state index contributed by atoms with van der Waals surface area (Å²) in [7, 11) is 0. The normalized spacial score (nSPS) is 43.2. The van der Waals surface area contributed by atoms with E-state index in [1.807, 2.05) is 0 Å². The van der Waals surface area contributed by atoms with Crippen molar-refractivity contribution in [2.45, 2.75) is 33.6 Å². The third-order valence-corrected chi connectivity index (χ3v) is 4.97. The fourth-order valence-corrected chi connectivity index (χ4v) is 3.62. The van der Waals surface area contributed by atoms with Crippen molar-refractivity contribution in [3.63, 3.8) is 0 Å². The lowest BCUT2D eigenvalue weighted by Gasteiger charge is -2.34. The highest BCUT2D eigenvalue weighted by atomic mass is 15.0. The molecule has 1 aliphatic heterocycles. The molecule has 2 nitrogen and oxygen atoms in total. The van der Waals surface area contributed by atoms with Crippen LogP contribution in [0.3, 0.4) is 0 Å². The van der Waals surface area contributed by atoms with E-state index in [0.29, 0.717) is 16.7 Å². The zero-order valence-electron chi connectivity index (χ0n) is 9.30. The minimum atomic E-state index is 0.316. The van der Waals surface area contributed by atoms with Crippen molar-refractivity contribution in [1.82, 2.24) is 0 Å². The standard InChI is InChI=1S/C12H18N2/c1-11(2)8-4-5-12(11,3)10-9(8)13-6-7-14-10/h8H,4-7H2,1-3H3/t8-,12+/m1/s1. The highest BCUT2D eigenvalue weighted by Crippen LogP contribution is 2.63. The molecule has 2 atom stereocenters. The summed E-state index contributed by atoms with van der Waals surface area (Å²) in [6.45, 7) is 9.01. The first-order chi connectivity index (χ1) is 6.57. The average molecular weight is 190 g/mol. The number of hydrogen-bond donors (Lipinski definition) is 0. The number of nitrogens with zero attached hydrogens (tertiary/aromatic N) is 2. The molecule has 1 heterocycles. The predicted octanol–water partition coefficient (Wildman–Crippen LogP) is 2.34. The lowest BCUT2D eigenvalue weighted by molar-refractivity contribution is 0.208. The van der Waals surface area contributed by atoms with Gasteiger partial charge in [-0.25, -0.2) is 0 Å². The predicted molar refractivity (Wildman–Crippen MR) is 59.2 cm³/mol. The molecule has 0 radical (unpaired) electrons. The van der Waals surface area contributed by atoms with Crippen LogP contribution in [0.25, 0.3) is 0 Å². The molecule has 3 aliphatic rings. The Morgan fingerprint density at radius 2 is 1.86 bits per heavy atom. The first-order valence-electron chi connectivity index (χ1n) is 5.67. The molecular formula is C12H18N2. The summed E-state index contributed by atoms with van der Waals surface area (Å²) in [6, 6.07) is 0. The van der Waals surface area contributed by atoms with E-state index in [4.69, 9.17) is 9.98 Å². The van der Waals surface area contributed by atoms with Crippen molar-refractivity contribution >= 4 is 11.4 Å². The van der Waals surface area contributed by atoms with E-state index in [2.05, 4.69) is 20.8 Å². The van der Waals surface area contributed by atoms with Crippen LogP contribution < -0.4 is 0 Å². The Balaban J connectivity index is 2.21. The van der Waals surface area contributed by atoms with E-state index in [-0.39, 0.29) is 0 Å². The van der Waals surface area contributed by atoms with Crippen molar-refractivity contribution in [3.8, 4) is 0 Å². The average Bonchev–Trinajstić information content (AvgIpc) is 2.49. The van der Waals surface area contributed by atoms with Crippen molar-refractivity contribution in [1.29, 1.82) is 0 Å². The summed E-state index contributed by atoms with van der Waals surface area (Å²) >= 11 is 0. The van der Waals surface area contributed by atoms with E-state index in [9.17, 15) is 0 Å². The van der Waals surface area contributed by atoms with Gasteiger partial charge in [0.05, 0.1) is 24.5 Å². The summed E-state index contributed by atoms with van der Waals surface area (Å²) in [6.07, 6.45) is 2.63. The van der Waals surface area contributed by atoms with Crippen LogP contribution in [0.5, 0.6) is 0 Å². The van der Waals surface area contributed by atoms with E-state index in [1.54, 1.807) is 0 Å². The second kappa shape index (κ2) is 2.29. The quantitative estimate of drug-likeness (QED) is 0.560. The van der Waals surface area contributed by atoms with Gasteiger partial charge in [-0.1, -0.05) is 20.8 Å². The van der Waals surface area contributed by atoms with Crippen molar-refractivity contribution in [2.24, 2.45) is 26.7 Å². The van der Waals surface area contributed by atoms with E-state index >= 15 is 0 Å².